The molecule has 2 saturated heterocycles. The number of anilines is 4. The summed E-state index contributed by atoms with van der Waals surface area (Å²) in [5, 5.41) is 6.31. The first kappa shape index (κ1) is 62.9. The summed E-state index contributed by atoms with van der Waals surface area (Å²) in [6.45, 7) is 12.1. The van der Waals surface area contributed by atoms with Crippen molar-refractivity contribution in [3.8, 4) is 0 Å². The Bertz CT molecular complexity index is 2720. The van der Waals surface area contributed by atoms with Crippen LogP contribution in [0.2, 0.25) is 0 Å². The lowest BCUT2D eigenvalue weighted by Gasteiger charge is -2.40. The van der Waals surface area contributed by atoms with Crippen LogP contribution < -0.4 is 22.1 Å². The number of aromatic nitrogens is 4. The van der Waals surface area contributed by atoms with E-state index in [2.05, 4.69) is 50.2 Å². The van der Waals surface area contributed by atoms with Gasteiger partial charge in [0.05, 0.1) is 12.1 Å². The highest BCUT2D eigenvalue weighted by Gasteiger charge is 2.31. The van der Waals surface area contributed by atoms with E-state index in [4.69, 9.17) is 20.9 Å². The maximum absolute atomic E-state index is 13.6. The predicted octanol–water partition coefficient (Wildman–Crippen LogP) is 6.63. The number of carbonyl (C=O) groups is 4. The Morgan fingerprint density at radius 2 is 0.778 bits per heavy atom. The van der Waals surface area contributed by atoms with Gasteiger partial charge in [0.2, 0.25) is 11.8 Å². The second kappa shape index (κ2) is 30.5. The summed E-state index contributed by atoms with van der Waals surface area (Å²) in [6, 6.07) is 25.3. The number of amides is 2. The lowest BCUT2D eigenvalue weighted by atomic mass is 9.96. The number of hydrogen-bond acceptors (Lipinski definition) is 18. The highest BCUT2D eigenvalue weighted by atomic mass is 32.2. The van der Waals surface area contributed by atoms with Crippen LogP contribution in [-0.2, 0) is 28.7 Å². The van der Waals surface area contributed by atoms with E-state index >= 15 is 0 Å². The fraction of sp³-hybridized carbons (Fsp3) is 0.357. The molecule has 25 heteroatoms. The van der Waals surface area contributed by atoms with Crippen molar-refractivity contribution in [1.29, 1.82) is 0 Å². The number of halogens is 4. The van der Waals surface area contributed by atoms with E-state index in [9.17, 15) is 36.7 Å². The number of hydrogen-bond donors (Lipinski definition) is 4. The molecule has 6 aromatic rings. The van der Waals surface area contributed by atoms with Crippen molar-refractivity contribution >= 4 is 70.3 Å². The van der Waals surface area contributed by atoms with Crippen molar-refractivity contribution in [3.05, 3.63) is 155 Å². The monoisotopic (exact) mass is 1160 g/mol. The molecule has 8 rings (SSSR count). The predicted molar refractivity (Wildman–Crippen MR) is 303 cm³/mol. The van der Waals surface area contributed by atoms with Gasteiger partial charge >= 0.3 is 11.9 Å². The van der Waals surface area contributed by atoms with E-state index in [1.807, 2.05) is 0 Å². The molecular formula is C56H66F4N12O7S2. The van der Waals surface area contributed by atoms with Gasteiger partial charge in [0, 0.05) is 105 Å². The van der Waals surface area contributed by atoms with Gasteiger partial charge < -0.3 is 37.1 Å². The van der Waals surface area contributed by atoms with Crippen molar-refractivity contribution in [2.45, 2.75) is 62.0 Å². The first-order valence-electron chi connectivity index (χ1n) is 25.7. The van der Waals surface area contributed by atoms with Gasteiger partial charge in [-0.25, -0.2) is 37.5 Å². The van der Waals surface area contributed by atoms with Gasteiger partial charge in [-0.3, -0.25) is 38.8 Å². The Hall–Kier alpha value is -7.26. The number of rotatable bonds is 20. The lowest BCUT2D eigenvalue weighted by molar-refractivity contribution is -0.147. The molecule has 0 bridgehead atoms. The van der Waals surface area contributed by atoms with Crippen LogP contribution in [0.4, 0.5) is 40.6 Å². The fourth-order valence-electron chi connectivity index (χ4n) is 9.42. The minimum absolute atomic E-state index is 0. The normalized spacial score (nSPS) is 14.9. The van der Waals surface area contributed by atoms with Crippen molar-refractivity contribution in [1.82, 2.24) is 39.5 Å². The number of nitrogens with one attached hydrogen (secondary N) is 2. The molecule has 2 aromatic heterocycles. The lowest BCUT2D eigenvalue weighted by Crippen LogP contribution is -2.50. The third-order valence-corrected chi connectivity index (χ3v) is 15.2. The van der Waals surface area contributed by atoms with Crippen LogP contribution in [0.5, 0.6) is 0 Å². The van der Waals surface area contributed by atoms with Crippen LogP contribution in [0.3, 0.4) is 0 Å². The number of nitrogen functional groups attached to an aromatic ring is 2. The van der Waals surface area contributed by atoms with Crippen molar-refractivity contribution < 1.29 is 51.7 Å². The van der Waals surface area contributed by atoms with E-state index in [0.717, 1.165) is 22.3 Å². The number of nitrogens with two attached hydrogens (primary N) is 2. The highest BCUT2D eigenvalue weighted by molar-refractivity contribution is 7.99. The molecule has 81 heavy (non-hydrogen) atoms. The number of ether oxygens (including phenoxy) is 2. The maximum Gasteiger partial charge on any atom is 0.302 e. The average Bonchev–Trinajstić information content (AvgIpc) is 3.45. The summed E-state index contributed by atoms with van der Waals surface area (Å²) in [4.78, 5) is 72.3. The number of piperazine rings is 2. The number of nitrogens with zero attached hydrogens (tertiary/aromatic N) is 8. The smallest absolute Gasteiger partial charge is 0.302 e. The molecule has 19 nitrogen and oxygen atoms in total. The van der Waals surface area contributed by atoms with Crippen molar-refractivity contribution in [2.24, 2.45) is 0 Å². The van der Waals surface area contributed by atoms with Crippen LogP contribution in [0.25, 0.3) is 0 Å². The molecule has 2 unspecified atom stereocenters. The van der Waals surface area contributed by atoms with Crippen LogP contribution in [0.15, 0.2) is 120 Å². The molecule has 0 saturated carbocycles. The molecule has 2 fully saturated rings. The Morgan fingerprint density at radius 3 is 1.04 bits per heavy atom. The third-order valence-electron chi connectivity index (χ3n) is 13.0. The van der Waals surface area contributed by atoms with Crippen LogP contribution in [0, 0.1) is 23.3 Å². The average molecular weight is 1160 g/mol. The molecule has 432 valence electrons. The molecule has 2 aliphatic rings. The Balaban J connectivity index is 0.000000258. The summed E-state index contributed by atoms with van der Waals surface area (Å²) in [6.07, 6.45) is 1.78. The summed E-state index contributed by atoms with van der Waals surface area (Å²) < 4.78 is 65.8. The fourth-order valence-corrected chi connectivity index (χ4v) is 11.3. The zero-order chi connectivity index (χ0) is 57.3. The number of thioether (sulfide) groups is 2. The molecule has 0 spiro atoms. The maximum atomic E-state index is 13.6. The summed E-state index contributed by atoms with van der Waals surface area (Å²) in [7, 11) is 0. The molecule has 2 amide bonds. The van der Waals surface area contributed by atoms with E-state index in [1.165, 1.54) is 112 Å². The van der Waals surface area contributed by atoms with Crippen molar-refractivity contribution in [2.75, 3.05) is 99.1 Å². The molecule has 8 N–H and O–H groups in total. The minimum atomic E-state index is -0.430. The minimum Gasteiger partial charge on any atom is -0.460 e. The zero-order valence-electron chi connectivity index (χ0n) is 45.2. The number of carbonyl (C=O) groups excluding carboxylic acids is 4. The Morgan fingerprint density at radius 1 is 0.494 bits per heavy atom. The standard InChI is InChI=1S/2C28H32F2N6O3S.H2O/c2*1-18(37)34-25-27(31)32-17-33-28(25)40-16-24(39-19(2)38)15-35-11-13-36(14-12-35)26(20-3-7-22(29)8-4-20)21-5-9-23(30)10-6-21;/h2*3-10,17,24,26H,11-16H2,1-2H3,(H,34,37)(H2,31,32,33);1H2. The number of esters is 2. The van der Waals surface area contributed by atoms with Gasteiger partial charge in [0.15, 0.2) is 11.6 Å². The molecular weight excluding hydrogens is 1090 g/mol. The molecule has 4 heterocycles. The highest BCUT2D eigenvalue weighted by Crippen LogP contribution is 2.34. The summed E-state index contributed by atoms with van der Waals surface area (Å²) in [5.41, 5.74) is 16.2. The number of benzene rings is 4. The first-order valence-corrected chi connectivity index (χ1v) is 27.7. The van der Waals surface area contributed by atoms with Crippen LogP contribution in [-0.4, -0.2) is 158 Å². The SMILES string of the molecule is CC(=O)Nc1c(N)ncnc1SCC(CN1CCN(C(c2ccc(F)cc2)c2ccc(F)cc2)CC1)OC(C)=O.CC(=O)Nc1c(N)ncnc1SCC(CN1CCN(C(c2ccc(F)cc2)c2ccc(F)cc2)CC1)OC(C)=O.O. The van der Waals surface area contributed by atoms with E-state index < -0.39 is 12.2 Å². The molecule has 4 aromatic carbocycles. The van der Waals surface area contributed by atoms with E-state index in [0.29, 0.717) is 98.4 Å². The van der Waals surface area contributed by atoms with Crippen LogP contribution >= 0.6 is 23.5 Å². The van der Waals surface area contributed by atoms with Crippen LogP contribution in [0.1, 0.15) is 62.0 Å². The quantitative estimate of drug-likeness (QED) is 0.0271. The Kier molecular flexibility index (Phi) is 23.7. The van der Waals surface area contributed by atoms with Gasteiger partial charge in [-0.05, 0) is 70.8 Å². The van der Waals surface area contributed by atoms with Gasteiger partial charge in [-0.1, -0.05) is 48.5 Å². The van der Waals surface area contributed by atoms with Gasteiger partial charge in [-0.2, -0.15) is 0 Å². The van der Waals surface area contributed by atoms with E-state index in [1.54, 1.807) is 48.5 Å². The molecule has 0 aliphatic carbocycles. The summed E-state index contributed by atoms with van der Waals surface area (Å²) in [5.74, 6) is -1.49. The van der Waals surface area contributed by atoms with Crippen molar-refractivity contribution in [3.63, 3.8) is 0 Å². The molecule has 0 radical (unpaired) electrons. The van der Waals surface area contributed by atoms with Gasteiger partial charge in [0.25, 0.3) is 0 Å². The molecule has 2 aliphatic heterocycles. The Labute approximate surface area is 475 Å². The second-order valence-corrected chi connectivity index (χ2v) is 21.0. The molecule has 2 atom stereocenters. The van der Waals surface area contributed by atoms with Gasteiger partial charge in [0.1, 0.15) is 69.6 Å². The largest absolute Gasteiger partial charge is 0.460 e. The zero-order valence-corrected chi connectivity index (χ0v) is 46.8. The van der Waals surface area contributed by atoms with Gasteiger partial charge in [-0.15, -0.1) is 23.5 Å². The topological polar surface area (TPSA) is 259 Å². The third kappa shape index (κ3) is 18.9. The van der Waals surface area contributed by atoms with E-state index in [-0.39, 0.29) is 76.2 Å². The second-order valence-electron chi connectivity index (χ2n) is 19.0. The first-order chi connectivity index (χ1) is 38.4. The summed E-state index contributed by atoms with van der Waals surface area (Å²) >= 11 is 2.65.